The molecule has 0 atom stereocenters. The molecule has 0 bridgehead atoms. The third-order valence-electron chi connectivity index (χ3n) is 3.37. The molecule has 6 heteroatoms. The van der Waals surface area contributed by atoms with Crippen LogP contribution in [0.15, 0.2) is 29.2 Å². The molecule has 0 aromatic heterocycles. The van der Waals surface area contributed by atoms with E-state index in [4.69, 9.17) is 5.73 Å². The highest BCUT2D eigenvalue weighted by Crippen LogP contribution is 2.13. The van der Waals surface area contributed by atoms with Crippen LogP contribution in [0.2, 0.25) is 0 Å². The Morgan fingerprint density at radius 2 is 1.74 bits per heavy atom. The van der Waals surface area contributed by atoms with Gasteiger partial charge in [-0.3, -0.25) is 0 Å². The van der Waals surface area contributed by atoms with Crippen molar-refractivity contribution in [2.24, 2.45) is 5.73 Å². The van der Waals surface area contributed by atoms with Crippen LogP contribution in [0.5, 0.6) is 0 Å². The molecular weight excluding hydrogens is 262 g/mol. The van der Waals surface area contributed by atoms with Crippen LogP contribution in [-0.4, -0.2) is 39.5 Å². The van der Waals surface area contributed by atoms with Crippen LogP contribution in [0.25, 0.3) is 0 Å². The lowest BCUT2D eigenvalue weighted by Crippen LogP contribution is -2.48. The van der Waals surface area contributed by atoms with Crippen LogP contribution in [0.3, 0.4) is 0 Å². The van der Waals surface area contributed by atoms with E-state index < -0.39 is 10.0 Å². The van der Waals surface area contributed by atoms with Gasteiger partial charge in [-0.15, -0.1) is 0 Å². The van der Waals surface area contributed by atoms with Gasteiger partial charge >= 0.3 is 0 Å². The second-order valence-electron chi connectivity index (χ2n) is 5.38. The van der Waals surface area contributed by atoms with Gasteiger partial charge in [0.15, 0.2) is 0 Å². The van der Waals surface area contributed by atoms with Gasteiger partial charge in [0.1, 0.15) is 0 Å². The second kappa shape index (κ2) is 6.00. The fourth-order valence-corrected chi connectivity index (χ4v) is 2.52. The molecule has 1 aromatic carbocycles. The summed E-state index contributed by atoms with van der Waals surface area (Å²) in [5.41, 5.74) is 6.15. The van der Waals surface area contributed by atoms with E-state index in [1.165, 1.54) is 0 Å². The lowest BCUT2D eigenvalue weighted by Gasteiger charge is -2.32. The van der Waals surface area contributed by atoms with E-state index >= 15 is 0 Å². The van der Waals surface area contributed by atoms with Crippen molar-refractivity contribution in [3.8, 4) is 0 Å². The van der Waals surface area contributed by atoms with E-state index in [9.17, 15) is 8.42 Å². The van der Waals surface area contributed by atoms with Gasteiger partial charge in [0.05, 0.1) is 4.90 Å². The first-order chi connectivity index (χ1) is 8.69. The van der Waals surface area contributed by atoms with Crippen LogP contribution in [0.4, 0.5) is 0 Å². The molecule has 19 heavy (non-hydrogen) atoms. The van der Waals surface area contributed by atoms with Crippen LogP contribution in [-0.2, 0) is 16.6 Å². The molecule has 0 fully saturated rings. The number of nitrogens with zero attached hydrogens (tertiary/aromatic N) is 1. The molecule has 0 spiro atoms. The Hall–Kier alpha value is -0.950. The third-order valence-corrected chi connectivity index (χ3v) is 4.79. The topological polar surface area (TPSA) is 75.4 Å². The van der Waals surface area contributed by atoms with Crippen molar-refractivity contribution in [1.29, 1.82) is 0 Å². The van der Waals surface area contributed by atoms with Gasteiger partial charge in [-0.05, 0) is 45.6 Å². The predicted molar refractivity (Wildman–Crippen MR) is 77.3 cm³/mol. The SMILES string of the molecule is CN(C)C(C)(C)CNS(=O)(=O)c1ccc(CN)cc1. The largest absolute Gasteiger partial charge is 0.326 e. The van der Waals surface area contributed by atoms with Gasteiger partial charge < -0.3 is 10.6 Å². The molecule has 0 aliphatic rings. The number of hydrogen-bond donors (Lipinski definition) is 2. The zero-order valence-electron chi connectivity index (χ0n) is 12.0. The smallest absolute Gasteiger partial charge is 0.240 e. The first kappa shape index (κ1) is 16.1. The maximum absolute atomic E-state index is 12.1. The van der Waals surface area contributed by atoms with Crippen molar-refractivity contribution in [1.82, 2.24) is 9.62 Å². The Bertz CT molecular complexity index is 507. The van der Waals surface area contributed by atoms with Crippen molar-refractivity contribution in [2.45, 2.75) is 30.8 Å². The minimum Gasteiger partial charge on any atom is -0.326 e. The summed E-state index contributed by atoms with van der Waals surface area (Å²) < 4.78 is 26.9. The molecule has 0 amide bonds. The summed E-state index contributed by atoms with van der Waals surface area (Å²) in [6.07, 6.45) is 0. The molecule has 0 aliphatic carbocycles. The van der Waals surface area contributed by atoms with Crippen molar-refractivity contribution < 1.29 is 8.42 Å². The molecule has 1 aromatic rings. The number of rotatable bonds is 6. The van der Waals surface area contributed by atoms with Gasteiger partial charge in [-0.1, -0.05) is 12.1 Å². The van der Waals surface area contributed by atoms with E-state index in [1.54, 1.807) is 24.3 Å². The highest BCUT2D eigenvalue weighted by Gasteiger charge is 2.23. The molecular formula is C13H23N3O2S. The zero-order valence-corrected chi connectivity index (χ0v) is 12.8. The fraction of sp³-hybridized carbons (Fsp3) is 0.538. The molecule has 108 valence electrons. The number of hydrogen-bond acceptors (Lipinski definition) is 4. The van der Waals surface area contributed by atoms with Gasteiger partial charge in [0, 0.05) is 18.6 Å². The van der Waals surface area contributed by atoms with Gasteiger partial charge in [0.25, 0.3) is 0 Å². The summed E-state index contributed by atoms with van der Waals surface area (Å²) >= 11 is 0. The average molecular weight is 285 g/mol. The molecule has 0 radical (unpaired) electrons. The average Bonchev–Trinajstić information content (AvgIpc) is 2.36. The molecule has 0 saturated heterocycles. The second-order valence-corrected chi connectivity index (χ2v) is 7.15. The Balaban J connectivity index is 2.81. The monoisotopic (exact) mass is 285 g/mol. The van der Waals surface area contributed by atoms with E-state index in [0.717, 1.165) is 5.56 Å². The number of nitrogens with one attached hydrogen (secondary N) is 1. The van der Waals surface area contributed by atoms with Gasteiger partial charge in [-0.25, -0.2) is 13.1 Å². The fourth-order valence-electron chi connectivity index (χ4n) is 1.32. The van der Waals surface area contributed by atoms with Crippen LogP contribution >= 0.6 is 0 Å². The van der Waals surface area contributed by atoms with Crippen molar-refractivity contribution in [2.75, 3.05) is 20.6 Å². The predicted octanol–water partition coefficient (Wildman–Crippen LogP) is 0.764. The molecule has 1 rings (SSSR count). The summed E-state index contributed by atoms with van der Waals surface area (Å²) in [5.74, 6) is 0. The highest BCUT2D eigenvalue weighted by atomic mass is 32.2. The van der Waals surface area contributed by atoms with Crippen LogP contribution in [0.1, 0.15) is 19.4 Å². The lowest BCUT2D eigenvalue weighted by atomic mass is 10.1. The third kappa shape index (κ3) is 4.28. The lowest BCUT2D eigenvalue weighted by molar-refractivity contribution is 0.199. The van der Waals surface area contributed by atoms with Crippen molar-refractivity contribution in [3.63, 3.8) is 0 Å². The molecule has 0 saturated carbocycles. The maximum atomic E-state index is 12.1. The number of likely N-dealkylation sites (N-methyl/N-ethyl adjacent to an activating group) is 1. The molecule has 0 heterocycles. The normalized spacial score (nSPS) is 12.9. The zero-order chi connectivity index (χ0) is 14.7. The minimum absolute atomic E-state index is 0.246. The molecule has 5 nitrogen and oxygen atoms in total. The molecule has 3 N–H and O–H groups in total. The maximum Gasteiger partial charge on any atom is 0.240 e. The standard InChI is InChI=1S/C13H23N3O2S/c1-13(2,16(3)4)10-15-19(17,18)12-7-5-11(9-14)6-8-12/h5-8,15H,9-10,14H2,1-4H3. The van der Waals surface area contributed by atoms with E-state index in [1.807, 2.05) is 32.8 Å². The number of sulfonamides is 1. The van der Waals surface area contributed by atoms with Gasteiger partial charge in [-0.2, -0.15) is 0 Å². The van der Waals surface area contributed by atoms with Crippen LogP contribution in [0, 0.1) is 0 Å². The number of nitrogens with two attached hydrogens (primary N) is 1. The van der Waals surface area contributed by atoms with Crippen LogP contribution < -0.4 is 10.5 Å². The quantitative estimate of drug-likeness (QED) is 0.809. The highest BCUT2D eigenvalue weighted by molar-refractivity contribution is 7.89. The van der Waals surface area contributed by atoms with Gasteiger partial charge in [0.2, 0.25) is 10.0 Å². The van der Waals surface area contributed by atoms with Crippen molar-refractivity contribution in [3.05, 3.63) is 29.8 Å². The first-order valence-electron chi connectivity index (χ1n) is 6.15. The minimum atomic E-state index is -3.47. The Kier molecular flexibility index (Phi) is 5.09. The summed E-state index contributed by atoms with van der Waals surface area (Å²) in [6, 6.07) is 6.61. The summed E-state index contributed by atoms with van der Waals surface area (Å²) in [4.78, 5) is 2.24. The molecule has 0 unspecified atom stereocenters. The summed E-state index contributed by atoms with van der Waals surface area (Å²) in [7, 11) is 0.372. The van der Waals surface area contributed by atoms with E-state index in [-0.39, 0.29) is 10.4 Å². The Labute approximate surface area is 115 Å². The molecule has 0 aliphatic heterocycles. The Morgan fingerprint density at radius 1 is 1.21 bits per heavy atom. The first-order valence-corrected chi connectivity index (χ1v) is 7.63. The van der Waals surface area contributed by atoms with E-state index in [2.05, 4.69) is 4.72 Å². The van der Waals surface area contributed by atoms with Crippen molar-refractivity contribution >= 4 is 10.0 Å². The summed E-state index contributed by atoms with van der Waals surface area (Å²) in [6.45, 7) is 4.71. The summed E-state index contributed by atoms with van der Waals surface area (Å²) in [5, 5.41) is 0. The number of benzene rings is 1. The van der Waals surface area contributed by atoms with E-state index in [0.29, 0.717) is 13.1 Å². The Morgan fingerprint density at radius 3 is 2.16 bits per heavy atom.